The molecule has 1 aliphatic rings. The van der Waals surface area contributed by atoms with E-state index in [-0.39, 0.29) is 12.5 Å². The Hall–Kier alpha value is -3.26. The highest BCUT2D eigenvalue weighted by Crippen LogP contribution is 2.26. The molecule has 8 heteroatoms. The Morgan fingerprint density at radius 3 is 2.55 bits per heavy atom. The Kier molecular flexibility index (Phi) is 7.29. The van der Waals surface area contributed by atoms with E-state index in [1.165, 1.54) is 0 Å². The lowest BCUT2D eigenvalue weighted by atomic mass is 10.1. The molecule has 0 aromatic heterocycles. The fourth-order valence-corrected chi connectivity index (χ4v) is 2.91. The van der Waals surface area contributed by atoms with Gasteiger partial charge in [0.25, 0.3) is 5.91 Å². The van der Waals surface area contributed by atoms with Crippen LogP contribution in [-0.2, 0) is 9.53 Å². The Labute approximate surface area is 170 Å². The minimum atomic E-state index is -0.379. The van der Waals surface area contributed by atoms with Crippen molar-refractivity contribution >= 4 is 17.8 Å². The fourth-order valence-electron chi connectivity index (χ4n) is 2.91. The number of morpholine rings is 1. The topological polar surface area (TPSA) is 81.6 Å². The summed E-state index contributed by atoms with van der Waals surface area (Å²) in [7, 11) is 3.15. The molecule has 2 aromatic carbocycles. The number of para-hydroxylation sites is 2. The van der Waals surface area contributed by atoms with Crippen molar-refractivity contribution in [3.05, 3.63) is 48.0 Å². The minimum Gasteiger partial charge on any atom is -0.496 e. The fraction of sp³-hybridized carbons (Fsp3) is 0.333. The molecule has 0 unspecified atom stereocenters. The summed E-state index contributed by atoms with van der Waals surface area (Å²) in [5.74, 6) is 1.36. The molecule has 1 heterocycles. The molecule has 29 heavy (non-hydrogen) atoms. The van der Waals surface area contributed by atoms with Crippen LogP contribution in [0.2, 0.25) is 0 Å². The number of hydrogen-bond acceptors (Lipinski definition) is 7. The summed E-state index contributed by atoms with van der Waals surface area (Å²) >= 11 is 0. The molecule has 0 saturated carbocycles. The van der Waals surface area contributed by atoms with E-state index in [1.54, 1.807) is 38.6 Å². The van der Waals surface area contributed by atoms with Crippen molar-refractivity contribution in [2.24, 2.45) is 5.10 Å². The van der Waals surface area contributed by atoms with Crippen LogP contribution in [0.4, 0.5) is 5.69 Å². The third kappa shape index (κ3) is 5.61. The van der Waals surface area contributed by atoms with Gasteiger partial charge in [-0.15, -0.1) is 0 Å². The lowest BCUT2D eigenvalue weighted by Gasteiger charge is -2.29. The molecule has 154 valence electrons. The smallest absolute Gasteiger partial charge is 0.277 e. The summed E-state index contributed by atoms with van der Waals surface area (Å²) in [6, 6.07) is 13.0. The van der Waals surface area contributed by atoms with Crippen molar-refractivity contribution in [3.8, 4) is 17.2 Å². The predicted molar refractivity (Wildman–Crippen MR) is 110 cm³/mol. The summed E-state index contributed by atoms with van der Waals surface area (Å²) in [5.41, 5.74) is 4.28. The van der Waals surface area contributed by atoms with Crippen molar-refractivity contribution < 1.29 is 23.7 Å². The number of hydrogen-bond donors (Lipinski definition) is 1. The Morgan fingerprint density at radius 1 is 1.10 bits per heavy atom. The van der Waals surface area contributed by atoms with E-state index in [0.717, 1.165) is 24.3 Å². The number of carbonyl (C=O) groups is 1. The maximum Gasteiger partial charge on any atom is 0.277 e. The van der Waals surface area contributed by atoms with Crippen molar-refractivity contribution in [2.75, 3.05) is 52.0 Å². The second-order valence-corrected chi connectivity index (χ2v) is 6.26. The van der Waals surface area contributed by atoms with Gasteiger partial charge in [0, 0.05) is 30.4 Å². The van der Waals surface area contributed by atoms with E-state index in [4.69, 9.17) is 18.9 Å². The molecule has 1 fully saturated rings. The van der Waals surface area contributed by atoms with E-state index < -0.39 is 0 Å². The predicted octanol–water partition coefficient (Wildman–Crippen LogP) is 2.07. The van der Waals surface area contributed by atoms with Crippen molar-refractivity contribution in [1.29, 1.82) is 0 Å². The van der Waals surface area contributed by atoms with Crippen LogP contribution in [0.15, 0.2) is 47.6 Å². The van der Waals surface area contributed by atoms with Crippen LogP contribution in [0.5, 0.6) is 17.2 Å². The van der Waals surface area contributed by atoms with Gasteiger partial charge in [-0.25, -0.2) is 5.43 Å². The van der Waals surface area contributed by atoms with Crippen LogP contribution in [-0.4, -0.2) is 59.3 Å². The van der Waals surface area contributed by atoms with Crippen LogP contribution in [0.25, 0.3) is 0 Å². The number of benzene rings is 2. The molecule has 0 radical (unpaired) electrons. The molecule has 2 aromatic rings. The Balaban J connectivity index is 1.55. The van der Waals surface area contributed by atoms with Gasteiger partial charge in [-0.05, 0) is 24.3 Å². The summed E-state index contributed by atoms with van der Waals surface area (Å²) in [6.07, 6.45) is 1.54. The second-order valence-electron chi connectivity index (χ2n) is 6.26. The second kappa shape index (κ2) is 10.3. The van der Waals surface area contributed by atoms with E-state index in [1.807, 2.05) is 24.3 Å². The van der Waals surface area contributed by atoms with Gasteiger partial charge in [-0.2, -0.15) is 5.10 Å². The highest BCUT2D eigenvalue weighted by molar-refractivity contribution is 5.86. The maximum absolute atomic E-state index is 12.0. The van der Waals surface area contributed by atoms with Crippen molar-refractivity contribution in [3.63, 3.8) is 0 Å². The number of carbonyl (C=O) groups excluding carboxylic acids is 1. The molecule has 3 rings (SSSR count). The summed E-state index contributed by atoms with van der Waals surface area (Å²) in [4.78, 5) is 14.2. The number of ether oxygens (including phenoxy) is 4. The highest BCUT2D eigenvalue weighted by atomic mass is 16.5. The van der Waals surface area contributed by atoms with Crippen LogP contribution >= 0.6 is 0 Å². The highest BCUT2D eigenvalue weighted by Gasteiger charge is 2.13. The number of hydrazone groups is 1. The lowest BCUT2D eigenvalue weighted by Crippen LogP contribution is -2.36. The lowest BCUT2D eigenvalue weighted by molar-refractivity contribution is -0.123. The molecule has 1 saturated heterocycles. The number of nitrogens with zero attached hydrogens (tertiary/aromatic N) is 2. The first-order valence-corrected chi connectivity index (χ1v) is 9.29. The number of amides is 1. The number of methoxy groups -OCH3 is 2. The molecule has 1 amide bonds. The Bertz CT molecular complexity index is 850. The molecular formula is C21H25N3O5. The first-order valence-electron chi connectivity index (χ1n) is 9.29. The van der Waals surface area contributed by atoms with E-state index in [2.05, 4.69) is 15.4 Å². The first kappa shape index (κ1) is 20.5. The molecule has 0 bridgehead atoms. The quantitative estimate of drug-likeness (QED) is 0.541. The van der Waals surface area contributed by atoms with Crippen LogP contribution in [0.3, 0.4) is 0 Å². The zero-order valence-electron chi connectivity index (χ0n) is 16.6. The molecule has 1 N–H and O–H groups in total. The molecule has 0 aliphatic carbocycles. The standard InChI is InChI=1S/C21H25N3O5/c1-26-18-5-3-4-6-19(18)29-15-21(25)23-22-14-16-7-8-17(13-20(16)27-2)24-9-11-28-12-10-24/h3-8,13-14H,9-12,15H2,1-2H3,(H,23,25)/b22-14+. The minimum absolute atomic E-state index is 0.176. The van der Waals surface area contributed by atoms with Crippen LogP contribution in [0.1, 0.15) is 5.56 Å². The third-order valence-electron chi connectivity index (χ3n) is 4.41. The van der Waals surface area contributed by atoms with E-state index in [9.17, 15) is 4.79 Å². The number of nitrogens with one attached hydrogen (secondary N) is 1. The zero-order chi connectivity index (χ0) is 20.5. The monoisotopic (exact) mass is 399 g/mol. The Morgan fingerprint density at radius 2 is 1.83 bits per heavy atom. The maximum atomic E-state index is 12.0. The van der Waals surface area contributed by atoms with Crippen molar-refractivity contribution in [1.82, 2.24) is 5.43 Å². The molecule has 8 nitrogen and oxygen atoms in total. The molecular weight excluding hydrogens is 374 g/mol. The van der Waals surface area contributed by atoms with Crippen LogP contribution in [0, 0.1) is 0 Å². The number of rotatable bonds is 8. The molecule has 0 atom stereocenters. The largest absolute Gasteiger partial charge is 0.496 e. The average Bonchev–Trinajstić information content (AvgIpc) is 2.78. The van der Waals surface area contributed by atoms with Crippen LogP contribution < -0.4 is 24.5 Å². The first-order chi connectivity index (χ1) is 14.2. The van der Waals surface area contributed by atoms with Gasteiger partial charge in [0.05, 0.1) is 33.6 Å². The summed E-state index contributed by atoms with van der Waals surface area (Å²) < 4.78 is 21.5. The van der Waals surface area contributed by atoms with Gasteiger partial charge in [0.1, 0.15) is 5.75 Å². The van der Waals surface area contributed by atoms with Gasteiger partial charge < -0.3 is 23.8 Å². The number of anilines is 1. The van der Waals surface area contributed by atoms with E-state index >= 15 is 0 Å². The zero-order valence-corrected chi connectivity index (χ0v) is 16.6. The van der Waals surface area contributed by atoms with Gasteiger partial charge in [0.15, 0.2) is 18.1 Å². The van der Waals surface area contributed by atoms with E-state index in [0.29, 0.717) is 30.5 Å². The summed E-state index contributed by atoms with van der Waals surface area (Å²) in [6.45, 7) is 2.95. The molecule has 0 spiro atoms. The average molecular weight is 399 g/mol. The van der Waals surface area contributed by atoms with Crippen molar-refractivity contribution in [2.45, 2.75) is 0 Å². The van der Waals surface area contributed by atoms with Gasteiger partial charge >= 0.3 is 0 Å². The third-order valence-corrected chi connectivity index (χ3v) is 4.41. The summed E-state index contributed by atoms with van der Waals surface area (Å²) in [5, 5.41) is 4.00. The molecule has 1 aliphatic heterocycles. The van der Waals surface area contributed by atoms with Gasteiger partial charge in [0.2, 0.25) is 0 Å². The van der Waals surface area contributed by atoms with Gasteiger partial charge in [-0.1, -0.05) is 12.1 Å². The normalized spacial score (nSPS) is 13.9. The SMILES string of the molecule is COc1cc(N2CCOCC2)ccc1/C=N/NC(=O)COc1ccccc1OC. The van der Waals surface area contributed by atoms with Gasteiger partial charge in [-0.3, -0.25) is 4.79 Å².